The molecule has 0 radical (unpaired) electrons. The summed E-state index contributed by atoms with van der Waals surface area (Å²) >= 11 is 0. The molecule has 0 amide bonds. The Morgan fingerprint density at radius 2 is 2.07 bits per heavy atom. The fraction of sp³-hybridized carbons (Fsp3) is 0.636. The molecule has 0 spiro atoms. The van der Waals surface area contributed by atoms with Crippen molar-refractivity contribution in [2.24, 2.45) is 0 Å². The predicted octanol–water partition coefficient (Wildman–Crippen LogP) is 2.35. The van der Waals surface area contributed by atoms with Gasteiger partial charge in [0.05, 0.1) is 6.20 Å². The van der Waals surface area contributed by atoms with Gasteiger partial charge in [0, 0.05) is 11.8 Å². The van der Waals surface area contributed by atoms with Gasteiger partial charge in [-0.25, -0.2) is 4.98 Å². The summed E-state index contributed by atoms with van der Waals surface area (Å²) in [4.78, 5) is 4.31. The summed E-state index contributed by atoms with van der Waals surface area (Å²) in [6.45, 7) is 8.16. The third-order valence-electron chi connectivity index (χ3n) is 2.56. The molecule has 0 aliphatic rings. The number of aromatic nitrogens is 2. The van der Waals surface area contributed by atoms with Gasteiger partial charge in [-0.15, -0.1) is 0 Å². The highest BCUT2D eigenvalue weighted by molar-refractivity contribution is 5.03. The maximum atomic E-state index is 11.6. The first kappa shape index (κ1) is 11.0. The monoisotopic (exact) mass is 194 g/mol. The van der Waals surface area contributed by atoms with E-state index in [-0.39, 0.29) is 5.92 Å². The SMILES string of the molecule is CCC(C)c1c[n+]([O-])c(C(C)C)cn1. The summed E-state index contributed by atoms with van der Waals surface area (Å²) in [5.41, 5.74) is 1.61. The van der Waals surface area contributed by atoms with E-state index in [1.165, 1.54) is 0 Å². The lowest BCUT2D eigenvalue weighted by atomic mass is 10.1. The van der Waals surface area contributed by atoms with Crippen LogP contribution in [0.5, 0.6) is 0 Å². The van der Waals surface area contributed by atoms with Gasteiger partial charge in [-0.2, -0.15) is 4.73 Å². The van der Waals surface area contributed by atoms with Crippen LogP contribution in [0.15, 0.2) is 12.4 Å². The predicted molar refractivity (Wildman–Crippen MR) is 56.0 cm³/mol. The van der Waals surface area contributed by atoms with Crippen LogP contribution in [0.1, 0.15) is 57.3 Å². The van der Waals surface area contributed by atoms with Crippen LogP contribution in [0.2, 0.25) is 0 Å². The minimum Gasteiger partial charge on any atom is -0.618 e. The molecule has 14 heavy (non-hydrogen) atoms. The largest absolute Gasteiger partial charge is 0.618 e. The van der Waals surface area contributed by atoms with E-state index in [1.807, 2.05) is 13.8 Å². The van der Waals surface area contributed by atoms with Crippen LogP contribution >= 0.6 is 0 Å². The molecule has 0 saturated carbocycles. The summed E-state index contributed by atoms with van der Waals surface area (Å²) in [6.07, 6.45) is 4.30. The summed E-state index contributed by atoms with van der Waals surface area (Å²) in [7, 11) is 0. The van der Waals surface area contributed by atoms with Crippen LogP contribution in [0.3, 0.4) is 0 Å². The normalized spacial score (nSPS) is 13.2. The molecule has 1 aromatic heterocycles. The third kappa shape index (κ3) is 2.22. The van der Waals surface area contributed by atoms with Crippen molar-refractivity contribution >= 4 is 0 Å². The molecule has 1 unspecified atom stereocenters. The Kier molecular flexibility index (Phi) is 3.44. The van der Waals surface area contributed by atoms with E-state index in [9.17, 15) is 5.21 Å². The summed E-state index contributed by atoms with van der Waals surface area (Å²) in [5, 5.41) is 11.6. The molecule has 0 aliphatic heterocycles. The van der Waals surface area contributed by atoms with Crippen molar-refractivity contribution < 1.29 is 4.73 Å². The first-order chi connectivity index (χ1) is 6.56. The van der Waals surface area contributed by atoms with E-state index in [4.69, 9.17) is 0 Å². The second-order valence-corrected chi connectivity index (χ2v) is 4.03. The van der Waals surface area contributed by atoms with Crippen molar-refractivity contribution in [2.75, 3.05) is 0 Å². The molecule has 0 aromatic carbocycles. The molecule has 0 bridgehead atoms. The Bertz CT molecular complexity index is 310. The topological polar surface area (TPSA) is 39.8 Å². The molecule has 1 atom stereocenters. The molecule has 0 fully saturated rings. The smallest absolute Gasteiger partial charge is 0.213 e. The van der Waals surface area contributed by atoms with E-state index < -0.39 is 0 Å². The zero-order valence-electron chi connectivity index (χ0n) is 9.32. The minimum absolute atomic E-state index is 0.228. The van der Waals surface area contributed by atoms with Crippen molar-refractivity contribution in [1.29, 1.82) is 0 Å². The van der Waals surface area contributed by atoms with E-state index in [2.05, 4.69) is 18.8 Å². The van der Waals surface area contributed by atoms with Gasteiger partial charge in [0.1, 0.15) is 5.69 Å². The zero-order valence-corrected chi connectivity index (χ0v) is 9.32. The Balaban J connectivity index is 3.00. The molecule has 1 aromatic rings. The molecule has 1 heterocycles. The lowest BCUT2D eigenvalue weighted by Crippen LogP contribution is -2.33. The van der Waals surface area contributed by atoms with Crippen molar-refractivity contribution in [1.82, 2.24) is 4.98 Å². The maximum Gasteiger partial charge on any atom is 0.213 e. The van der Waals surface area contributed by atoms with Gasteiger partial charge in [-0.05, 0) is 6.42 Å². The summed E-state index contributed by atoms with van der Waals surface area (Å²) in [6, 6.07) is 0. The van der Waals surface area contributed by atoms with Crippen LogP contribution in [0.4, 0.5) is 0 Å². The van der Waals surface area contributed by atoms with E-state index in [0.29, 0.717) is 5.92 Å². The van der Waals surface area contributed by atoms with Gasteiger partial charge >= 0.3 is 0 Å². The van der Waals surface area contributed by atoms with Gasteiger partial charge in [-0.1, -0.05) is 27.7 Å². The van der Waals surface area contributed by atoms with Crippen LogP contribution in [-0.4, -0.2) is 4.98 Å². The molecule has 3 nitrogen and oxygen atoms in total. The lowest BCUT2D eigenvalue weighted by molar-refractivity contribution is -0.616. The third-order valence-corrected chi connectivity index (χ3v) is 2.56. The van der Waals surface area contributed by atoms with E-state index in [1.54, 1.807) is 12.4 Å². The van der Waals surface area contributed by atoms with E-state index >= 15 is 0 Å². The summed E-state index contributed by atoms with van der Waals surface area (Å²) in [5.74, 6) is 0.586. The van der Waals surface area contributed by atoms with Crippen LogP contribution in [-0.2, 0) is 0 Å². The quantitative estimate of drug-likeness (QED) is 0.547. The molecule has 0 saturated heterocycles. The van der Waals surface area contributed by atoms with Crippen LogP contribution in [0.25, 0.3) is 0 Å². The molecular formula is C11H18N2O. The Hall–Kier alpha value is -1.12. The molecule has 78 valence electrons. The fourth-order valence-electron chi connectivity index (χ4n) is 1.29. The summed E-state index contributed by atoms with van der Waals surface area (Å²) < 4.78 is 0.944. The van der Waals surface area contributed by atoms with Gasteiger partial charge in [0.2, 0.25) is 11.9 Å². The average Bonchev–Trinajstić information content (AvgIpc) is 2.15. The highest BCUT2D eigenvalue weighted by Gasteiger charge is 2.14. The van der Waals surface area contributed by atoms with E-state index in [0.717, 1.165) is 22.5 Å². The molecular weight excluding hydrogens is 176 g/mol. The number of nitrogens with zero attached hydrogens (tertiary/aromatic N) is 2. The zero-order chi connectivity index (χ0) is 10.7. The highest BCUT2D eigenvalue weighted by atomic mass is 16.5. The minimum atomic E-state index is 0.228. The molecule has 0 N–H and O–H groups in total. The second kappa shape index (κ2) is 4.40. The molecule has 0 aliphatic carbocycles. The Morgan fingerprint density at radius 1 is 1.43 bits per heavy atom. The second-order valence-electron chi connectivity index (χ2n) is 4.03. The molecule has 3 heteroatoms. The molecule has 1 rings (SSSR count). The van der Waals surface area contributed by atoms with Gasteiger partial charge in [0.15, 0.2) is 0 Å². The van der Waals surface area contributed by atoms with Crippen molar-refractivity contribution in [2.45, 2.75) is 46.0 Å². The number of hydrogen-bond acceptors (Lipinski definition) is 2. The van der Waals surface area contributed by atoms with Gasteiger partial charge in [-0.3, -0.25) is 0 Å². The lowest BCUT2D eigenvalue weighted by Gasteiger charge is -2.10. The average molecular weight is 194 g/mol. The Morgan fingerprint density at radius 3 is 2.50 bits per heavy atom. The van der Waals surface area contributed by atoms with Gasteiger partial charge in [0.25, 0.3) is 0 Å². The van der Waals surface area contributed by atoms with Crippen molar-refractivity contribution in [3.8, 4) is 0 Å². The first-order valence-corrected chi connectivity index (χ1v) is 5.15. The van der Waals surface area contributed by atoms with Gasteiger partial charge < -0.3 is 5.21 Å². The van der Waals surface area contributed by atoms with Crippen LogP contribution < -0.4 is 4.73 Å². The highest BCUT2D eigenvalue weighted by Crippen LogP contribution is 2.15. The Labute approximate surface area is 85.4 Å². The van der Waals surface area contributed by atoms with Crippen LogP contribution in [0, 0.1) is 5.21 Å². The maximum absolute atomic E-state index is 11.6. The number of hydrogen-bond donors (Lipinski definition) is 0. The first-order valence-electron chi connectivity index (χ1n) is 5.15. The standard InChI is InChI=1S/C11H18N2O/c1-5-9(4)10-7-13(14)11(6-12-10)8(2)3/h6-9H,5H2,1-4H3. The number of rotatable bonds is 3. The van der Waals surface area contributed by atoms with Crippen molar-refractivity contribution in [3.63, 3.8) is 0 Å². The van der Waals surface area contributed by atoms with Crippen molar-refractivity contribution in [3.05, 3.63) is 29.0 Å². The fourth-order valence-corrected chi connectivity index (χ4v) is 1.29.